The van der Waals surface area contributed by atoms with Gasteiger partial charge < -0.3 is 50.3 Å². The average Bonchev–Trinajstić information content (AvgIpc) is 3.19. The lowest BCUT2D eigenvalue weighted by Gasteiger charge is -2.37. The van der Waals surface area contributed by atoms with E-state index < -0.39 is 77.8 Å². The lowest BCUT2D eigenvalue weighted by molar-refractivity contribution is -0.150. The van der Waals surface area contributed by atoms with E-state index in [1.165, 1.54) is 71.0 Å². The summed E-state index contributed by atoms with van der Waals surface area (Å²) in [5.74, 6) is -3.35. The summed E-state index contributed by atoms with van der Waals surface area (Å²) in [6, 6.07) is 10.4. The maximum Gasteiger partial charge on any atom is 0.248 e. The predicted molar refractivity (Wildman–Crippen MR) is 207 cm³/mol. The van der Waals surface area contributed by atoms with Gasteiger partial charge in [-0.25, -0.2) is 0 Å². The van der Waals surface area contributed by atoms with E-state index in [-0.39, 0.29) is 30.8 Å². The number of phenolic OH excluding ortho intramolecular Hbond substituents is 1. The van der Waals surface area contributed by atoms with Crippen LogP contribution >= 0.6 is 0 Å². The Bertz CT molecular complexity index is 1990. The van der Waals surface area contributed by atoms with Crippen LogP contribution in [0.25, 0.3) is 0 Å². The number of aliphatic hydroxyl groups is 1. The molecule has 1 fully saturated rings. The first-order chi connectivity index (χ1) is 27.0. The zero-order valence-corrected chi connectivity index (χ0v) is 33.0. The largest absolute Gasteiger partial charge is 0.504 e. The summed E-state index contributed by atoms with van der Waals surface area (Å²) < 4.78 is 11.2. The fraction of sp³-hybridized carbons (Fsp3) is 0.415. The molecule has 16 nitrogen and oxygen atoms in total. The third-order valence-electron chi connectivity index (χ3n) is 10.5. The molecule has 16 heteroatoms. The molecule has 0 saturated carbocycles. The molecule has 6 amide bonds. The third-order valence-corrected chi connectivity index (χ3v) is 10.5. The van der Waals surface area contributed by atoms with E-state index in [1.54, 1.807) is 54.6 Å². The first-order valence-corrected chi connectivity index (χ1v) is 18.6. The van der Waals surface area contributed by atoms with Gasteiger partial charge in [-0.05, 0) is 73.9 Å². The van der Waals surface area contributed by atoms with Crippen LogP contribution < -0.4 is 25.4 Å². The predicted octanol–water partition coefficient (Wildman–Crippen LogP) is 0.904. The van der Waals surface area contributed by atoms with Gasteiger partial charge in [-0.1, -0.05) is 30.3 Å². The maximum atomic E-state index is 14.6. The molecule has 1 saturated heterocycles. The number of benzene rings is 3. The summed E-state index contributed by atoms with van der Waals surface area (Å²) in [7, 11) is 5.72. The van der Waals surface area contributed by atoms with Crippen molar-refractivity contribution in [1.82, 2.24) is 30.7 Å². The molecule has 0 aromatic heterocycles. The van der Waals surface area contributed by atoms with E-state index in [0.717, 1.165) is 4.90 Å². The van der Waals surface area contributed by atoms with E-state index in [0.29, 0.717) is 28.2 Å². The molecule has 0 unspecified atom stereocenters. The number of hydrogen-bond donors (Lipinski definition) is 5. The van der Waals surface area contributed by atoms with Gasteiger partial charge in [0.2, 0.25) is 35.4 Å². The molecule has 6 rings (SSSR count). The van der Waals surface area contributed by atoms with Crippen molar-refractivity contribution in [2.24, 2.45) is 0 Å². The molecular formula is C41H50N6O10. The summed E-state index contributed by atoms with van der Waals surface area (Å²) in [6.07, 6.45) is -1.54. The van der Waals surface area contributed by atoms with Crippen LogP contribution in [0.5, 0.6) is 23.0 Å². The minimum atomic E-state index is -1.54. The minimum Gasteiger partial charge on any atom is -0.504 e. The second-order valence-electron chi connectivity index (χ2n) is 14.6. The Kier molecular flexibility index (Phi) is 13.1. The molecule has 6 bridgehead atoms. The topological polar surface area (TPSA) is 207 Å². The highest BCUT2D eigenvalue weighted by Gasteiger charge is 2.40. The molecule has 3 aliphatic rings. The summed E-state index contributed by atoms with van der Waals surface area (Å²) in [4.78, 5) is 88.4. The Morgan fingerprint density at radius 1 is 0.719 bits per heavy atom. The van der Waals surface area contributed by atoms with Gasteiger partial charge in [0.25, 0.3) is 0 Å². The second kappa shape index (κ2) is 17.7. The monoisotopic (exact) mass is 786 g/mol. The van der Waals surface area contributed by atoms with Gasteiger partial charge in [0.1, 0.15) is 47.8 Å². The molecule has 3 heterocycles. The van der Waals surface area contributed by atoms with Crippen LogP contribution in [0.3, 0.4) is 0 Å². The molecule has 7 atom stereocenters. The van der Waals surface area contributed by atoms with Gasteiger partial charge in [0.05, 0.1) is 13.2 Å². The van der Waals surface area contributed by atoms with Gasteiger partial charge in [0.15, 0.2) is 11.5 Å². The fourth-order valence-corrected chi connectivity index (χ4v) is 6.85. The lowest BCUT2D eigenvalue weighted by atomic mass is 9.98. The van der Waals surface area contributed by atoms with Gasteiger partial charge in [-0.15, -0.1) is 0 Å². The van der Waals surface area contributed by atoms with Crippen molar-refractivity contribution in [3.05, 3.63) is 83.4 Å². The highest BCUT2D eigenvalue weighted by Crippen LogP contribution is 2.33. The van der Waals surface area contributed by atoms with Crippen molar-refractivity contribution < 1.29 is 48.5 Å². The molecule has 57 heavy (non-hydrogen) atoms. The molecule has 0 aliphatic carbocycles. The number of carbonyl (C=O) groups excluding carboxylic acids is 6. The zero-order valence-electron chi connectivity index (χ0n) is 33.0. The molecule has 0 spiro atoms. The van der Waals surface area contributed by atoms with E-state index in [4.69, 9.17) is 9.47 Å². The van der Waals surface area contributed by atoms with E-state index in [2.05, 4.69) is 16.0 Å². The number of ether oxygens (including phenoxy) is 2. The number of aliphatic hydroxyl groups excluding tert-OH is 1. The van der Waals surface area contributed by atoms with Crippen LogP contribution in [-0.4, -0.2) is 131 Å². The number of phenols is 1. The minimum absolute atomic E-state index is 0.00806. The van der Waals surface area contributed by atoms with Crippen LogP contribution in [0.1, 0.15) is 37.5 Å². The SMILES string of the molecule is COc1ccc(C[C@H]2C(=O)N[C@@H](C)C(=O)N(C)[C@H]3Cc4ccc(cc4)Oc4cc(ccc4O)C[C@@H](C(=O)N[C@H](C)C(=O)N[C@@H]([C@@H](C)O)C(=O)N2C)N(C)C3=O)cc1. The van der Waals surface area contributed by atoms with Gasteiger partial charge in [-0.2, -0.15) is 0 Å². The van der Waals surface area contributed by atoms with Crippen LogP contribution in [0, 0.1) is 0 Å². The molecule has 3 aromatic carbocycles. The Balaban J connectivity index is 1.60. The molecule has 3 aromatic rings. The van der Waals surface area contributed by atoms with Gasteiger partial charge in [0, 0.05) is 40.4 Å². The summed E-state index contributed by atoms with van der Waals surface area (Å²) >= 11 is 0. The third kappa shape index (κ3) is 9.63. The number of methoxy groups -OCH3 is 1. The Morgan fingerprint density at radius 3 is 1.95 bits per heavy atom. The standard InChI is InChI=1S/C41H50N6O10/c1-22-36(50)44-35(24(3)48)41(55)46(5)30(18-25-8-13-28(56-7)14-9-25)38(52)43-23(2)39(53)47(6)32-19-26-10-15-29(16-11-26)57-34-21-27(12-17-33(34)49)20-31(37(51)42-22)45(4)40(32)54/h8-17,21-24,30-32,35,48-49H,18-20H2,1-7H3,(H,42,51)(H,43,52)(H,44,50)/t22-,23+,24-,30+,31+,32+,35+/m1/s1. The number of rotatable bonds is 4. The van der Waals surface area contributed by atoms with E-state index in [1.807, 2.05) is 0 Å². The van der Waals surface area contributed by atoms with Crippen molar-refractivity contribution >= 4 is 35.4 Å². The van der Waals surface area contributed by atoms with Crippen LogP contribution in [0.4, 0.5) is 0 Å². The molecule has 304 valence electrons. The van der Waals surface area contributed by atoms with Crippen LogP contribution in [-0.2, 0) is 48.0 Å². The number of carbonyl (C=O) groups is 6. The number of likely N-dealkylation sites (N-methyl/N-ethyl adjacent to an activating group) is 3. The first-order valence-electron chi connectivity index (χ1n) is 18.6. The number of nitrogens with zero attached hydrogens (tertiary/aromatic N) is 3. The highest BCUT2D eigenvalue weighted by atomic mass is 16.5. The van der Waals surface area contributed by atoms with Crippen LogP contribution in [0.15, 0.2) is 66.7 Å². The van der Waals surface area contributed by atoms with Crippen molar-refractivity contribution in [3.8, 4) is 23.0 Å². The second-order valence-corrected chi connectivity index (χ2v) is 14.6. The summed E-state index contributed by atoms with van der Waals surface area (Å²) in [5, 5.41) is 29.2. The Labute approximate surface area is 331 Å². The van der Waals surface area contributed by atoms with E-state index in [9.17, 15) is 39.0 Å². The van der Waals surface area contributed by atoms with E-state index >= 15 is 0 Å². The Hall–Kier alpha value is -6.16. The number of aromatic hydroxyl groups is 1. The summed E-state index contributed by atoms with van der Waals surface area (Å²) in [5.41, 5.74) is 1.78. The van der Waals surface area contributed by atoms with Crippen molar-refractivity contribution in [2.45, 2.75) is 82.4 Å². The average molecular weight is 787 g/mol. The number of fused-ring (bicyclic) bond motifs is 2. The summed E-state index contributed by atoms with van der Waals surface area (Å²) in [6.45, 7) is 4.15. The van der Waals surface area contributed by atoms with Crippen molar-refractivity contribution in [3.63, 3.8) is 0 Å². The molecule has 5 N–H and O–H groups in total. The maximum absolute atomic E-state index is 14.6. The zero-order chi connectivity index (χ0) is 41.7. The van der Waals surface area contributed by atoms with Gasteiger partial charge >= 0.3 is 0 Å². The molecule has 3 aliphatic heterocycles. The van der Waals surface area contributed by atoms with Crippen molar-refractivity contribution in [2.75, 3.05) is 28.3 Å². The normalized spacial score (nSPS) is 24.7. The molecule has 0 radical (unpaired) electrons. The smallest absolute Gasteiger partial charge is 0.248 e. The number of nitrogens with one attached hydrogen (secondary N) is 3. The van der Waals surface area contributed by atoms with Crippen molar-refractivity contribution in [1.29, 1.82) is 0 Å². The fourth-order valence-electron chi connectivity index (χ4n) is 6.85. The highest BCUT2D eigenvalue weighted by molar-refractivity contribution is 5.98. The lowest BCUT2D eigenvalue weighted by Crippen LogP contribution is -2.63. The molecular weight excluding hydrogens is 736 g/mol. The van der Waals surface area contributed by atoms with Crippen LogP contribution in [0.2, 0.25) is 0 Å². The van der Waals surface area contributed by atoms with Gasteiger partial charge in [-0.3, -0.25) is 28.8 Å². The quantitative estimate of drug-likeness (QED) is 0.253. The Morgan fingerprint density at radius 2 is 1.32 bits per heavy atom. The number of amides is 6. The number of hydrogen-bond acceptors (Lipinski definition) is 10. The first kappa shape index (κ1) is 42.0.